The molecule has 1 saturated heterocycles. The van der Waals surface area contributed by atoms with E-state index >= 15 is 0 Å². The summed E-state index contributed by atoms with van der Waals surface area (Å²) in [6.07, 6.45) is 6.14. The molecule has 1 atom stereocenters. The summed E-state index contributed by atoms with van der Waals surface area (Å²) in [5.41, 5.74) is 0. The van der Waals surface area contributed by atoms with Gasteiger partial charge >= 0.3 is 11.8 Å². The van der Waals surface area contributed by atoms with E-state index in [1.54, 1.807) is 4.90 Å². The monoisotopic (exact) mass is 267 g/mol. The van der Waals surface area contributed by atoms with E-state index in [0.717, 1.165) is 13.1 Å². The average Bonchev–Trinajstić information content (AvgIpc) is 2.48. The molecule has 5 heteroatoms. The Morgan fingerprint density at radius 2 is 1.79 bits per heavy atom. The number of carbonyl (C=O) groups excluding carboxylic acids is 2. The molecule has 0 bridgehead atoms. The SMILES string of the molecule is CC(NC(=O)C(=O)N1CCNCC1)C1CCCCC1. The van der Waals surface area contributed by atoms with Crippen LogP contribution >= 0.6 is 0 Å². The zero-order valence-electron chi connectivity index (χ0n) is 11.8. The molecule has 2 fully saturated rings. The summed E-state index contributed by atoms with van der Waals surface area (Å²) in [5.74, 6) is -0.266. The Bertz CT molecular complexity index is 321. The van der Waals surface area contributed by atoms with Gasteiger partial charge in [-0.05, 0) is 25.7 Å². The molecule has 5 nitrogen and oxygen atoms in total. The Labute approximate surface area is 115 Å². The van der Waals surface area contributed by atoms with Crippen molar-refractivity contribution in [2.75, 3.05) is 26.2 Å². The maximum absolute atomic E-state index is 12.0. The zero-order valence-corrected chi connectivity index (χ0v) is 11.8. The molecule has 1 heterocycles. The molecule has 1 saturated carbocycles. The van der Waals surface area contributed by atoms with E-state index in [2.05, 4.69) is 10.6 Å². The number of carbonyl (C=O) groups is 2. The Kier molecular flexibility index (Phi) is 5.19. The molecule has 2 N–H and O–H groups in total. The molecule has 108 valence electrons. The van der Waals surface area contributed by atoms with Crippen LogP contribution in [0.25, 0.3) is 0 Å². The zero-order chi connectivity index (χ0) is 13.7. The summed E-state index contributed by atoms with van der Waals surface area (Å²) in [4.78, 5) is 25.6. The van der Waals surface area contributed by atoms with Gasteiger partial charge < -0.3 is 15.5 Å². The number of piperazine rings is 1. The molecule has 0 aromatic heterocycles. The van der Waals surface area contributed by atoms with Crippen molar-refractivity contribution in [1.82, 2.24) is 15.5 Å². The predicted molar refractivity (Wildman–Crippen MR) is 73.6 cm³/mol. The fourth-order valence-corrected chi connectivity index (χ4v) is 3.03. The highest BCUT2D eigenvalue weighted by molar-refractivity contribution is 6.35. The van der Waals surface area contributed by atoms with Crippen molar-refractivity contribution in [2.45, 2.75) is 45.1 Å². The summed E-state index contributed by atoms with van der Waals surface area (Å²) < 4.78 is 0. The Morgan fingerprint density at radius 3 is 2.42 bits per heavy atom. The van der Waals surface area contributed by atoms with Gasteiger partial charge in [-0.25, -0.2) is 0 Å². The number of hydrogen-bond donors (Lipinski definition) is 2. The van der Waals surface area contributed by atoms with Gasteiger partial charge in [-0.2, -0.15) is 0 Å². The van der Waals surface area contributed by atoms with E-state index in [1.165, 1.54) is 32.1 Å². The second-order valence-electron chi connectivity index (χ2n) is 5.70. The van der Waals surface area contributed by atoms with Crippen molar-refractivity contribution in [3.8, 4) is 0 Å². The second-order valence-corrected chi connectivity index (χ2v) is 5.70. The number of nitrogens with one attached hydrogen (secondary N) is 2. The minimum Gasteiger partial charge on any atom is -0.345 e. The lowest BCUT2D eigenvalue weighted by Gasteiger charge is -2.30. The second kappa shape index (κ2) is 6.89. The van der Waals surface area contributed by atoms with Crippen LogP contribution in [0.4, 0.5) is 0 Å². The Hall–Kier alpha value is -1.10. The lowest BCUT2D eigenvalue weighted by molar-refractivity contribution is -0.146. The molecule has 1 aliphatic heterocycles. The van der Waals surface area contributed by atoms with Crippen LogP contribution in [0.2, 0.25) is 0 Å². The molecule has 19 heavy (non-hydrogen) atoms. The molecule has 0 aromatic rings. The third-order valence-electron chi connectivity index (χ3n) is 4.31. The van der Waals surface area contributed by atoms with Crippen LogP contribution in [0, 0.1) is 5.92 Å². The summed E-state index contributed by atoms with van der Waals surface area (Å²) >= 11 is 0. The Morgan fingerprint density at radius 1 is 1.16 bits per heavy atom. The van der Waals surface area contributed by atoms with Crippen LogP contribution in [0.15, 0.2) is 0 Å². The lowest BCUT2D eigenvalue weighted by atomic mass is 9.84. The van der Waals surface area contributed by atoms with E-state index in [-0.39, 0.29) is 11.9 Å². The normalized spacial score (nSPS) is 22.9. The van der Waals surface area contributed by atoms with Gasteiger partial charge in [0.1, 0.15) is 0 Å². The third kappa shape index (κ3) is 3.93. The molecular formula is C14H25N3O2. The number of hydrogen-bond acceptors (Lipinski definition) is 3. The van der Waals surface area contributed by atoms with Crippen molar-refractivity contribution in [3.05, 3.63) is 0 Å². The standard InChI is InChI=1S/C14H25N3O2/c1-11(12-5-3-2-4-6-12)16-13(18)14(19)17-9-7-15-8-10-17/h11-12,15H,2-10H2,1H3,(H,16,18). The Balaban J connectivity index is 1.80. The fraction of sp³-hybridized carbons (Fsp3) is 0.857. The van der Waals surface area contributed by atoms with Gasteiger partial charge in [-0.3, -0.25) is 9.59 Å². The lowest BCUT2D eigenvalue weighted by Crippen LogP contribution is -2.53. The first-order valence-corrected chi connectivity index (χ1v) is 7.49. The molecule has 1 aliphatic carbocycles. The highest BCUT2D eigenvalue weighted by Crippen LogP contribution is 2.26. The summed E-state index contributed by atoms with van der Waals surface area (Å²) in [7, 11) is 0. The first kappa shape index (κ1) is 14.3. The predicted octanol–water partition coefficient (Wildman–Crippen LogP) is 0.503. The summed E-state index contributed by atoms with van der Waals surface area (Å²) in [6, 6.07) is 0.111. The molecule has 2 aliphatic rings. The van der Waals surface area contributed by atoms with Crippen LogP contribution in [-0.4, -0.2) is 48.9 Å². The van der Waals surface area contributed by atoms with Gasteiger partial charge in [-0.1, -0.05) is 19.3 Å². The van der Waals surface area contributed by atoms with Crippen molar-refractivity contribution >= 4 is 11.8 Å². The number of rotatable bonds is 2. The third-order valence-corrected chi connectivity index (χ3v) is 4.31. The van der Waals surface area contributed by atoms with Gasteiger partial charge in [0, 0.05) is 32.2 Å². The van der Waals surface area contributed by atoms with E-state index in [9.17, 15) is 9.59 Å². The molecule has 0 spiro atoms. The fourth-order valence-electron chi connectivity index (χ4n) is 3.03. The number of amides is 2. The minimum atomic E-state index is -0.431. The van der Waals surface area contributed by atoms with Crippen molar-refractivity contribution in [3.63, 3.8) is 0 Å². The van der Waals surface area contributed by atoms with E-state index < -0.39 is 5.91 Å². The van der Waals surface area contributed by atoms with Crippen LogP contribution in [0.3, 0.4) is 0 Å². The quantitative estimate of drug-likeness (QED) is 0.716. The van der Waals surface area contributed by atoms with Gasteiger partial charge in [0.2, 0.25) is 0 Å². The molecule has 2 rings (SSSR count). The molecule has 2 amide bonds. The van der Waals surface area contributed by atoms with E-state index in [0.29, 0.717) is 19.0 Å². The van der Waals surface area contributed by atoms with E-state index in [1.807, 2.05) is 6.92 Å². The topological polar surface area (TPSA) is 61.4 Å². The summed E-state index contributed by atoms with van der Waals surface area (Å²) in [6.45, 7) is 4.83. The first-order chi connectivity index (χ1) is 9.18. The van der Waals surface area contributed by atoms with Crippen LogP contribution in [0.5, 0.6) is 0 Å². The highest BCUT2D eigenvalue weighted by Gasteiger charge is 2.27. The van der Waals surface area contributed by atoms with Crippen molar-refractivity contribution in [1.29, 1.82) is 0 Å². The minimum absolute atomic E-state index is 0.111. The molecule has 1 unspecified atom stereocenters. The molecular weight excluding hydrogens is 242 g/mol. The van der Waals surface area contributed by atoms with Crippen molar-refractivity contribution < 1.29 is 9.59 Å². The highest BCUT2D eigenvalue weighted by atomic mass is 16.2. The number of nitrogens with zero attached hydrogens (tertiary/aromatic N) is 1. The van der Waals surface area contributed by atoms with Gasteiger partial charge in [0.05, 0.1) is 0 Å². The average molecular weight is 267 g/mol. The van der Waals surface area contributed by atoms with Gasteiger partial charge in [0.25, 0.3) is 0 Å². The molecule has 0 aromatic carbocycles. The maximum Gasteiger partial charge on any atom is 0.311 e. The maximum atomic E-state index is 12.0. The van der Waals surface area contributed by atoms with Crippen molar-refractivity contribution in [2.24, 2.45) is 5.92 Å². The van der Waals surface area contributed by atoms with Crippen LogP contribution in [0.1, 0.15) is 39.0 Å². The molecule has 0 radical (unpaired) electrons. The van der Waals surface area contributed by atoms with Crippen LogP contribution < -0.4 is 10.6 Å². The van der Waals surface area contributed by atoms with Gasteiger partial charge in [-0.15, -0.1) is 0 Å². The van der Waals surface area contributed by atoms with Gasteiger partial charge in [0.15, 0.2) is 0 Å². The smallest absolute Gasteiger partial charge is 0.311 e. The first-order valence-electron chi connectivity index (χ1n) is 7.49. The largest absolute Gasteiger partial charge is 0.345 e. The van der Waals surface area contributed by atoms with Crippen LogP contribution in [-0.2, 0) is 9.59 Å². The summed E-state index contributed by atoms with van der Waals surface area (Å²) in [5, 5.41) is 6.07. The van der Waals surface area contributed by atoms with E-state index in [4.69, 9.17) is 0 Å².